The molecule has 0 aromatic heterocycles. The number of benzene rings is 4. The summed E-state index contributed by atoms with van der Waals surface area (Å²) >= 11 is 0. The van der Waals surface area contributed by atoms with Gasteiger partial charge in [-0.15, -0.1) is 0 Å². The summed E-state index contributed by atoms with van der Waals surface area (Å²) in [5.74, 6) is 1.00. The largest absolute Gasteiger partial charge is 0.508 e. The first-order chi connectivity index (χ1) is 15.4. The van der Waals surface area contributed by atoms with Gasteiger partial charge in [0.15, 0.2) is 0 Å². The zero-order valence-corrected chi connectivity index (χ0v) is 18.4. The zero-order chi connectivity index (χ0) is 22.7. The molecule has 0 radical (unpaired) electrons. The Bertz CT molecular complexity index is 1130. The molecule has 3 heteroatoms. The van der Waals surface area contributed by atoms with E-state index in [0.29, 0.717) is 0 Å². The van der Waals surface area contributed by atoms with Crippen molar-refractivity contribution in [1.82, 2.24) is 0 Å². The number of hydrogen-bond acceptors (Lipinski definition) is 3. The first kappa shape index (κ1) is 21.5. The summed E-state index contributed by atoms with van der Waals surface area (Å²) in [6.45, 7) is 4.39. The van der Waals surface area contributed by atoms with Gasteiger partial charge >= 0.3 is 0 Å². The number of phenolic OH excluding ortho intramolecular Hbond substituents is 3. The summed E-state index contributed by atoms with van der Waals surface area (Å²) in [6, 6.07) is 30.6. The lowest BCUT2D eigenvalue weighted by atomic mass is 9.69. The Morgan fingerprint density at radius 3 is 1.56 bits per heavy atom. The molecule has 4 aromatic rings. The molecule has 0 bridgehead atoms. The Hall–Kier alpha value is -3.72. The van der Waals surface area contributed by atoms with Gasteiger partial charge in [-0.2, -0.15) is 0 Å². The van der Waals surface area contributed by atoms with Crippen molar-refractivity contribution in [1.29, 1.82) is 0 Å². The molecule has 3 N–H and O–H groups in total. The van der Waals surface area contributed by atoms with Crippen LogP contribution in [-0.4, -0.2) is 15.3 Å². The average Bonchev–Trinajstić information content (AvgIpc) is 2.80. The molecule has 0 aliphatic heterocycles. The Morgan fingerprint density at radius 2 is 1.06 bits per heavy atom. The molecule has 0 saturated heterocycles. The lowest BCUT2D eigenvalue weighted by Crippen LogP contribution is -2.27. The predicted octanol–water partition coefficient (Wildman–Crippen LogP) is 6.50. The van der Waals surface area contributed by atoms with Crippen LogP contribution in [0.4, 0.5) is 0 Å². The van der Waals surface area contributed by atoms with Crippen LogP contribution in [-0.2, 0) is 11.8 Å². The summed E-state index contributed by atoms with van der Waals surface area (Å²) < 4.78 is 0. The minimum absolute atomic E-state index is 0.232. The van der Waals surface area contributed by atoms with E-state index >= 15 is 0 Å². The number of aromatic hydroxyl groups is 3. The normalized spacial score (nSPS) is 12.4. The Labute approximate surface area is 189 Å². The highest BCUT2D eigenvalue weighted by atomic mass is 16.3. The van der Waals surface area contributed by atoms with Gasteiger partial charge in [0.05, 0.1) is 0 Å². The van der Waals surface area contributed by atoms with E-state index in [1.54, 1.807) is 36.4 Å². The highest BCUT2D eigenvalue weighted by Gasteiger charge is 2.33. The van der Waals surface area contributed by atoms with Crippen molar-refractivity contribution in [3.05, 3.63) is 125 Å². The standard InChI is InChI=1S/C29H28O3/c1-20(21-7-13-25(30)14-8-21)19-22-5-3-4-6-28(22)29(2,23-9-15-26(31)16-10-23)24-11-17-27(32)18-12-24/h3-18,20,30-32H,19H2,1-2H3. The van der Waals surface area contributed by atoms with Crippen LogP contribution in [0.5, 0.6) is 17.2 Å². The van der Waals surface area contributed by atoms with Crippen molar-refractivity contribution < 1.29 is 15.3 Å². The molecule has 0 saturated carbocycles. The van der Waals surface area contributed by atoms with Crippen LogP contribution in [0.15, 0.2) is 97.1 Å². The zero-order valence-electron chi connectivity index (χ0n) is 18.4. The second-order valence-electron chi connectivity index (χ2n) is 8.57. The van der Waals surface area contributed by atoms with Crippen molar-refractivity contribution in [2.24, 2.45) is 0 Å². The van der Waals surface area contributed by atoms with Crippen molar-refractivity contribution >= 4 is 0 Å². The molecule has 0 heterocycles. The number of rotatable bonds is 6. The molecule has 0 fully saturated rings. The Balaban J connectivity index is 1.82. The molecule has 4 aromatic carbocycles. The molecular weight excluding hydrogens is 396 g/mol. The molecule has 0 aliphatic rings. The van der Waals surface area contributed by atoms with Gasteiger partial charge in [-0.3, -0.25) is 0 Å². The number of phenols is 3. The molecule has 0 aliphatic carbocycles. The van der Waals surface area contributed by atoms with E-state index in [1.807, 2.05) is 36.4 Å². The quantitative estimate of drug-likeness (QED) is 0.310. The van der Waals surface area contributed by atoms with Crippen LogP contribution in [0.1, 0.15) is 47.6 Å². The van der Waals surface area contributed by atoms with Crippen LogP contribution in [0.2, 0.25) is 0 Å². The summed E-state index contributed by atoms with van der Waals surface area (Å²) in [4.78, 5) is 0. The van der Waals surface area contributed by atoms with Crippen LogP contribution in [0, 0.1) is 0 Å². The van der Waals surface area contributed by atoms with Gasteiger partial charge in [0.2, 0.25) is 0 Å². The first-order valence-corrected chi connectivity index (χ1v) is 10.8. The highest BCUT2D eigenvalue weighted by Crippen LogP contribution is 2.42. The van der Waals surface area contributed by atoms with Gasteiger partial charge in [-0.05, 0) is 83.5 Å². The smallest absolute Gasteiger partial charge is 0.115 e. The summed E-state index contributed by atoms with van der Waals surface area (Å²) in [5.41, 5.74) is 5.23. The molecule has 0 amide bonds. The SMILES string of the molecule is CC(Cc1ccccc1C(C)(c1ccc(O)cc1)c1ccc(O)cc1)c1ccc(O)cc1. The molecule has 1 unspecified atom stereocenters. The Morgan fingerprint density at radius 1 is 0.625 bits per heavy atom. The van der Waals surface area contributed by atoms with Gasteiger partial charge in [-0.1, -0.05) is 67.6 Å². The van der Waals surface area contributed by atoms with E-state index in [4.69, 9.17) is 0 Å². The van der Waals surface area contributed by atoms with Gasteiger partial charge < -0.3 is 15.3 Å². The summed E-state index contributed by atoms with van der Waals surface area (Å²) in [7, 11) is 0. The van der Waals surface area contributed by atoms with Gasteiger partial charge in [0.1, 0.15) is 17.2 Å². The monoisotopic (exact) mass is 424 g/mol. The molecule has 1 atom stereocenters. The van der Waals surface area contributed by atoms with Crippen molar-refractivity contribution in [2.45, 2.75) is 31.6 Å². The Kier molecular flexibility index (Phi) is 5.91. The fourth-order valence-electron chi connectivity index (χ4n) is 4.50. The van der Waals surface area contributed by atoms with E-state index in [9.17, 15) is 15.3 Å². The summed E-state index contributed by atoms with van der Waals surface area (Å²) in [5, 5.41) is 29.4. The van der Waals surface area contributed by atoms with E-state index in [1.165, 1.54) is 16.7 Å². The van der Waals surface area contributed by atoms with Gasteiger partial charge in [-0.25, -0.2) is 0 Å². The van der Waals surface area contributed by atoms with Crippen LogP contribution >= 0.6 is 0 Å². The lowest BCUT2D eigenvalue weighted by molar-refractivity contribution is 0.474. The predicted molar refractivity (Wildman–Crippen MR) is 128 cm³/mol. The van der Waals surface area contributed by atoms with E-state index < -0.39 is 5.41 Å². The fraction of sp³-hybridized carbons (Fsp3) is 0.172. The average molecular weight is 425 g/mol. The fourth-order valence-corrected chi connectivity index (χ4v) is 4.50. The lowest BCUT2D eigenvalue weighted by Gasteiger charge is -2.34. The van der Waals surface area contributed by atoms with E-state index in [2.05, 4.69) is 38.1 Å². The molecule has 32 heavy (non-hydrogen) atoms. The minimum atomic E-state index is -0.479. The van der Waals surface area contributed by atoms with Gasteiger partial charge in [0.25, 0.3) is 0 Å². The molecule has 162 valence electrons. The third-order valence-electron chi connectivity index (χ3n) is 6.43. The first-order valence-electron chi connectivity index (χ1n) is 10.8. The molecule has 3 nitrogen and oxygen atoms in total. The summed E-state index contributed by atoms with van der Waals surface area (Å²) in [6.07, 6.45) is 0.840. The van der Waals surface area contributed by atoms with Crippen LogP contribution < -0.4 is 0 Å². The third-order valence-corrected chi connectivity index (χ3v) is 6.43. The molecular formula is C29H28O3. The van der Waals surface area contributed by atoms with Crippen LogP contribution in [0.3, 0.4) is 0 Å². The second-order valence-corrected chi connectivity index (χ2v) is 8.57. The van der Waals surface area contributed by atoms with E-state index in [0.717, 1.165) is 17.5 Å². The van der Waals surface area contributed by atoms with E-state index in [-0.39, 0.29) is 23.2 Å². The third kappa shape index (κ3) is 4.19. The molecule has 0 spiro atoms. The van der Waals surface area contributed by atoms with Crippen molar-refractivity contribution in [2.75, 3.05) is 0 Å². The minimum Gasteiger partial charge on any atom is -0.508 e. The highest BCUT2D eigenvalue weighted by molar-refractivity contribution is 5.54. The maximum Gasteiger partial charge on any atom is 0.115 e. The van der Waals surface area contributed by atoms with Crippen LogP contribution in [0.25, 0.3) is 0 Å². The maximum atomic E-state index is 9.87. The number of hydrogen-bond donors (Lipinski definition) is 3. The van der Waals surface area contributed by atoms with Gasteiger partial charge in [0, 0.05) is 5.41 Å². The maximum absolute atomic E-state index is 9.87. The second kappa shape index (κ2) is 8.80. The van der Waals surface area contributed by atoms with Crippen molar-refractivity contribution in [3.63, 3.8) is 0 Å². The molecule has 4 rings (SSSR count). The van der Waals surface area contributed by atoms with Crippen molar-refractivity contribution in [3.8, 4) is 17.2 Å². The topological polar surface area (TPSA) is 60.7 Å².